The molecule has 8 nitrogen and oxygen atoms in total. The molecule has 3 rings (SSSR count). The zero-order valence-electron chi connectivity index (χ0n) is 18.9. The minimum Gasteiger partial charge on any atom is -0.508 e. The predicted molar refractivity (Wildman–Crippen MR) is 129 cm³/mol. The van der Waals surface area contributed by atoms with Gasteiger partial charge in [-0.2, -0.15) is 0 Å². The smallest absolute Gasteiger partial charge is 0.121 e. The van der Waals surface area contributed by atoms with E-state index in [4.69, 9.17) is 0 Å². The highest BCUT2D eigenvalue weighted by Gasteiger charge is 2.13. The molecule has 0 saturated heterocycles. The van der Waals surface area contributed by atoms with Gasteiger partial charge in [-0.25, -0.2) is 0 Å². The Morgan fingerprint density at radius 1 is 0.735 bits per heavy atom. The molecule has 0 aliphatic heterocycles. The molecule has 8 heteroatoms. The monoisotopic (exact) mass is 468 g/mol. The van der Waals surface area contributed by atoms with Crippen LogP contribution in [0.25, 0.3) is 0 Å². The van der Waals surface area contributed by atoms with Crippen molar-refractivity contribution in [1.29, 1.82) is 0 Å². The van der Waals surface area contributed by atoms with Gasteiger partial charge >= 0.3 is 0 Å². The van der Waals surface area contributed by atoms with Crippen molar-refractivity contribution in [2.45, 2.75) is 31.8 Å². The summed E-state index contributed by atoms with van der Waals surface area (Å²) in [6.45, 7) is 0.223. The Bertz CT molecular complexity index is 1060. The van der Waals surface area contributed by atoms with Crippen molar-refractivity contribution >= 4 is 5.69 Å². The van der Waals surface area contributed by atoms with E-state index in [1.165, 1.54) is 12.1 Å². The Labute approximate surface area is 198 Å². The molecule has 8 N–H and O–H groups in total. The van der Waals surface area contributed by atoms with E-state index in [1.54, 1.807) is 24.3 Å². The molecule has 0 saturated carbocycles. The fourth-order valence-corrected chi connectivity index (χ4v) is 3.69. The highest BCUT2D eigenvalue weighted by molar-refractivity contribution is 5.45. The van der Waals surface area contributed by atoms with E-state index in [0.717, 1.165) is 23.2 Å². The maximum absolute atomic E-state index is 10.4. The van der Waals surface area contributed by atoms with E-state index in [-0.39, 0.29) is 43.9 Å². The molecule has 34 heavy (non-hydrogen) atoms. The minimum atomic E-state index is -0.795. The minimum absolute atomic E-state index is 0.000211. The summed E-state index contributed by atoms with van der Waals surface area (Å²) >= 11 is 0. The Balaban J connectivity index is 1.49. The number of nitrogens with one attached hydrogen (secondary N) is 2. The maximum Gasteiger partial charge on any atom is 0.121 e. The lowest BCUT2D eigenvalue weighted by Gasteiger charge is -2.18. The number of aromatic hydroxyl groups is 2. The Morgan fingerprint density at radius 2 is 1.32 bits per heavy atom. The van der Waals surface area contributed by atoms with Gasteiger partial charge in [-0.1, -0.05) is 24.3 Å². The van der Waals surface area contributed by atoms with E-state index < -0.39 is 6.10 Å². The quantitative estimate of drug-likeness (QED) is 0.202. The number of phenols is 2. The lowest BCUT2D eigenvalue weighted by molar-refractivity contribution is 0.191. The van der Waals surface area contributed by atoms with Crippen LogP contribution in [0.2, 0.25) is 0 Å². The second-order valence-corrected chi connectivity index (χ2v) is 8.13. The second-order valence-electron chi connectivity index (χ2n) is 8.13. The average Bonchev–Trinajstić information content (AvgIpc) is 2.86. The Hall–Kier alpha value is -3.14. The van der Waals surface area contributed by atoms with Gasteiger partial charge in [-0.05, 0) is 66.1 Å². The van der Waals surface area contributed by atoms with Gasteiger partial charge in [0.25, 0.3) is 0 Å². The highest BCUT2D eigenvalue weighted by Crippen LogP contribution is 2.24. The molecule has 0 spiro atoms. The fourth-order valence-electron chi connectivity index (χ4n) is 3.69. The molecule has 2 unspecified atom stereocenters. The van der Waals surface area contributed by atoms with Crippen LogP contribution in [0.1, 0.15) is 40.0 Å². The highest BCUT2D eigenvalue weighted by atomic mass is 16.3. The van der Waals surface area contributed by atoms with Crippen LogP contribution in [0.5, 0.6) is 11.5 Å². The van der Waals surface area contributed by atoms with E-state index in [0.29, 0.717) is 23.2 Å². The number of rotatable bonds is 12. The Morgan fingerprint density at radius 3 is 1.91 bits per heavy atom. The normalized spacial score (nSPS) is 12.9. The topological polar surface area (TPSA) is 145 Å². The number of aliphatic hydroxyl groups excluding tert-OH is 4. The van der Waals surface area contributed by atoms with Crippen molar-refractivity contribution in [3.63, 3.8) is 0 Å². The molecule has 0 aliphatic rings. The summed E-state index contributed by atoms with van der Waals surface area (Å²) in [5.41, 5.74) is 4.15. The number of anilines is 1. The molecule has 3 aromatic rings. The third-order valence-electron chi connectivity index (χ3n) is 5.78. The lowest BCUT2D eigenvalue weighted by Crippen LogP contribution is -2.26. The maximum atomic E-state index is 10.4. The van der Waals surface area contributed by atoms with Gasteiger partial charge in [-0.15, -0.1) is 0 Å². The third kappa shape index (κ3) is 6.69. The first-order valence-corrected chi connectivity index (χ1v) is 11.2. The molecular formula is C26H32N2O6. The van der Waals surface area contributed by atoms with Crippen LogP contribution in [0.4, 0.5) is 5.69 Å². The van der Waals surface area contributed by atoms with Crippen LogP contribution in [0.15, 0.2) is 60.7 Å². The SMILES string of the molecule is OCc1cc(C(O)CNc2ccc(CCNC(CO)c3ccc(O)c(CO)c3)cc2)ccc1O. The molecule has 0 bridgehead atoms. The molecule has 0 fully saturated rings. The zero-order valence-corrected chi connectivity index (χ0v) is 18.9. The lowest BCUT2D eigenvalue weighted by atomic mass is 10.0. The summed E-state index contributed by atoms with van der Waals surface area (Å²) < 4.78 is 0. The van der Waals surface area contributed by atoms with E-state index in [2.05, 4.69) is 10.6 Å². The molecular weight excluding hydrogens is 436 g/mol. The summed E-state index contributed by atoms with van der Waals surface area (Å²) in [5, 5.41) is 64.6. The first-order chi connectivity index (χ1) is 16.4. The van der Waals surface area contributed by atoms with Gasteiger partial charge in [-0.3, -0.25) is 0 Å². The molecule has 182 valence electrons. The van der Waals surface area contributed by atoms with Gasteiger partial charge in [0.15, 0.2) is 0 Å². The van der Waals surface area contributed by atoms with Crippen molar-refractivity contribution in [3.05, 3.63) is 88.5 Å². The molecule has 0 aliphatic carbocycles. The molecule has 3 aromatic carbocycles. The van der Waals surface area contributed by atoms with Crippen LogP contribution in [-0.2, 0) is 19.6 Å². The van der Waals surface area contributed by atoms with Crippen molar-refractivity contribution in [2.24, 2.45) is 0 Å². The van der Waals surface area contributed by atoms with E-state index in [1.807, 2.05) is 24.3 Å². The van der Waals surface area contributed by atoms with Crippen molar-refractivity contribution in [2.75, 3.05) is 25.0 Å². The van der Waals surface area contributed by atoms with Gasteiger partial charge in [0, 0.05) is 23.4 Å². The van der Waals surface area contributed by atoms with Gasteiger partial charge in [0.2, 0.25) is 0 Å². The van der Waals surface area contributed by atoms with E-state index >= 15 is 0 Å². The molecule has 2 atom stereocenters. The summed E-state index contributed by atoms with van der Waals surface area (Å²) in [7, 11) is 0. The van der Waals surface area contributed by atoms with Crippen molar-refractivity contribution in [3.8, 4) is 11.5 Å². The fraction of sp³-hybridized carbons (Fsp3) is 0.308. The average molecular weight is 469 g/mol. The summed E-state index contributed by atoms with van der Waals surface area (Å²) in [6, 6.07) is 17.1. The largest absolute Gasteiger partial charge is 0.508 e. The van der Waals surface area contributed by atoms with Crippen molar-refractivity contribution < 1.29 is 30.6 Å². The van der Waals surface area contributed by atoms with Gasteiger partial charge < -0.3 is 41.3 Å². The molecule has 0 amide bonds. The van der Waals surface area contributed by atoms with Crippen LogP contribution in [0, 0.1) is 0 Å². The van der Waals surface area contributed by atoms with Crippen LogP contribution in [-0.4, -0.2) is 50.3 Å². The van der Waals surface area contributed by atoms with Crippen LogP contribution < -0.4 is 10.6 Å². The molecule has 0 radical (unpaired) electrons. The number of hydrogen-bond donors (Lipinski definition) is 8. The predicted octanol–water partition coefficient (Wildman–Crippen LogP) is 2.09. The summed E-state index contributed by atoms with van der Waals surface area (Å²) in [4.78, 5) is 0. The van der Waals surface area contributed by atoms with Crippen LogP contribution >= 0.6 is 0 Å². The second kappa shape index (κ2) is 12.4. The standard InChI is InChI=1S/C26H32N2O6/c29-14-20-11-18(3-7-24(20)32)23(16-31)27-10-9-17-1-5-22(6-2-17)28-13-26(34)19-4-8-25(33)21(12-19)15-30/h1-8,11-12,23,26-34H,9-10,13-16H2. The summed E-state index contributed by atoms with van der Waals surface area (Å²) in [5.74, 6) is 0.0295. The third-order valence-corrected chi connectivity index (χ3v) is 5.78. The van der Waals surface area contributed by atoms with Gasteiger partial charge in [0.1, 0.15) is 11.5 Å². The van der Waals surface area contributed by atoms with Crippen LogP contribution in [0.3, 0.4) is 0 Å². The number of benzene rings is 3. The zero-order chi connectivity index (χ0) is 24.5. The number of aliphatic hydroxyl groups is 4. The number of hydrogen-bond acceptors (Lipinski definition) is 8. The van der Waals surface area contributed by atoms with E-state index in [9.17, 15) is 30.6 Å². The van der Waals surface area contributed by atoms with Crippen molar-refractivity contribution in [1.82, 2.24) is 5.32 Å². The summed E-state index contributed by atoms with van der Waals surface area (Å²) in [6.07, 6.45) is -0.0571. The molecule has 0 heterocycles. The van der Waals surface area contributed by atoms with Gasteiger partial charge in [0.05, 0.1) is 32.0 Å². The first-order valence-electron chi connectivity index (χ1n) is 11.2. The first kappa shape index (κ1) is 25.5. The Kier molecular flexibility index (Phi) is 9.26. The molecule has 0 aromatic heterocycles.